The van der Waals surface area contributed by atoms with Crippen molar-refractivity contribution in [1.29, 1.82) is 0 Å². The molecule has 0 aliphatic heterocycles. The molecule has 0 saturated heterocycles. The van der Waals surface area contributed by atoms with E-state index >= 15 is 0 Å². The Bertz CT molecular complexity index is 242. The zero-order chi connectivity index (χ0) is 8.48. The molecule has 1 N–H and O–H groups in total. The minimum absolute atomic E-state index is 0.0858. The summed E-state index contributed by atoms with van der Waals surface area (Å²) in [6.07, 6.45) is 0. The van der Waals surface area contributed by atoms with Crippen LogP contribution in [0.5, 0.6) is 0 Å². The first kappa shape index (κ1) is 9.23. The summed E-state index contributed by atoms with van der Waals surface area (Å²) in [4.78, 5) is 0. The van der Waals surface area contributed by atoms with E-state index in [0.29, 0.717) is 0 Å². The number of rotatable bonds is 2. The Labute approximate surface area is 79.9 Å². The number of halogens is 1. The lowest BCUT2D eigenvalue weighted by molar-refractivity contribution is 0.446. The maximum absolute atomic E-state index is 3.44. The molecule has 0 fully saturated rings. The molecule has 0 aromatic carbocycles. The molecule has 0 saturated carbocycles. The molecule has 1 aromatic heterocycles. The normalized spacial score (nSPS) is 12.0. The van der Waals surface area contributed by atoms with E-state index < -0.39 is 0 Å². The van der Waals surface area contributed by atoms with Crippen LogP contribution in [-0.2, 0) is 5.54 Å². The van der Waals surface area contributed by atoms with Gasteiger partial charge in [-0.05, 0) is 53.8 Å². The van der Waals surface area contributed by atoms with Crippen molar-refractivity contribution < 1.29 is 0 Å². The van der Waals surface area contributed by atoms with Crippen molar-refractivity contribution in [2.24, 2.45) is 0 Å². The van der Waals surface area contributed by atoms with E-state index in [2.05, 4.69) is 46.5 Å². The van der Waals surface area contributed by atoms with Gasteiger partial charge >= 0.3 is 0 Å². The first-order valence-corrected chi connectivity index (χ1v) is 5.17. The predicted octanol–water partition coefficient (Wildman–Crippen LogP) is 2.97. The molecule has 0 radical (unpaired) electrons. The zero-order valence-electron chi connectivity index (χ0n) is 6.94. The standard InChI is InChI=1S/C8H12BrNS/c1-8(2,10-3)6-4-7(9)11-5-6/h4-5,10H,1-3H3. The molecule has 1 nitrogen and oxygen atoms in total. The quantitative estimate of drug-likeness (QED) is 0.829. The molecule has 11 heavy (non-hydrogen) atoms. The van der Waals surface area contributed by atoms with Gasteiger partial charge in [0.15, 0.2) is 0 Å². The second kappa shape index (κ2) is 3.25. The van der Waals surface area contributed by atoms with Crippen molar-refractivity contribution in [3.05, 3.63) is 20.8 Å². The summed E-state index contributed by atoms with van der Waals surface area (Å²) in [6, 6.07) is 2.15. The van der Waals surface area contributed by atoms with Gasteiger partial charge in [0.2, 0.25) is 0 Å². The van der Waals surface area contributed by atoms with E-state index in [0.717, 1.165) is 0 Å². The van der Waals surface area contributed by atoms with Crippen LogP contribution in [0.15, 0.2) is 15.2 Å². The minimum Gasteiger partial charge on any atom is -0.311 e. The Morgan fingerprint density at radius 3 is 2.55 bits per heavy atom. The van der Waals surface area contributed by atoms with Crippen LogP contribution in [0.2, 0.25) is 0 Å². The van der Waals surface area contributed by atoms with Crippen LogP contribution in [0.3, 0.4) is 0 Å². The molecule has 0 aliphatic carbocycles. The topological polar surface area (TPSA) is 12.0 Å². The number of thiophene rings is 1. The third kappa shape index (κ3) is 2.04. The maximum Gasteiger partial charge on any atom is 0.0701 e. The first-order chi connectivity index (χ1) is 5.06. The van der Waals surface area contributed by atoms with Crippen LogP contribution in [0, 0.1) is 0 Å². The highest BCUT2D eigenvalue weighted by Gasteiger charge is 2.18. The Morgan fingerprint density at radius 1 is 1.55 bits per heavy atom. The van der Waals surface area contributed by atoms with Crippen molar-refractivity contribution in [2.75, 3.05) is 7.05 Å². The van der Waals surface area contributed by atoms with Crippen LogP contribution >= 0.6 is 27.3 Å². The number of nitrogens with one attached hydrogen (secondary N) is 1. The van der Waals surface area contributed by atoms with Gasteiger partial charge in [-0.2, -0.15) is 0 Å². The summed E-state index contributed by atoms with van der Waals surface area (Å²) in [5, 5.41) is 5.42. The average Bonchev–Trinajstić information content (AvgIpc) is 2.36. The van der Waals surface area contributed by atoms with Gasteiger partial charge in [0, 0.05) is 5.54 Å². The molecule has 3 heteroatoms. The summed E-state index contributed by atoms with van der Waals surface area (Å²) in [6.45, 7) is 4.34. The van der Waals surface area contributed by atoms with Gasteiger partial charge in [0.25, 0.3) is 0 Å². The van der Waals surface area contributed by atoms with Gasteiger partial charge in [-0.15, -0.1) is 11.3 Å². The molecule has 1 rings (SSSR count). The van der Waals surface area contributed by atoms with Gasteiger partial charge in [0.1, 0.15) is 0 Å². The minimum atomic E-state index is 0.0858. The average molecular weight is 234 g/mol. The molecule has 62 valence electrons. The third-order valence-corrected chi connectivity index (χ3v) is 3.42. The smallest absolute Gasteiger partial charge is 0.0701 e. The van der Waals surface area contributed by atoms with Crippen molar-refractivity contribution in [2.45, 2.75) is 19.4 Å². The molecule has 0 spiro atoms. The van der Waals surface area contributed by atoms with Crippen LogP contribution in [0.25, 0.3) is 0 Å². The van der Waals surface area contributed by atoms with E-state index in [1.807, 2.05) is 7.05 Å². The van der Waals surface area contributed by atoms with Gasteiger partial charge in [-0.1, -0.05) is 0 Å². The first-order valence-electron chi connectivity index (χ1n) is 3.49. The second-order valence-electron chi connectivity index (χ2n) is 3.01. The summed E-state index contributed by atoms with van der Waals surface area (Å²) >= 11 is 5.17. The molecule has 0 aliphatic rings. The highest BCUT2D eigenvalue weighted by molar-refractivity contribution is 9.11. The molecule has 0 amide bonds. The monoisotopic (exact) mass is 233 g/mol. The zero-order valence-corrected chi connectivity index (χ0v) is 9.34. The fourth-order valence-corrected chi connectivity index (χ4v) is 2.11. The van der Waals surface area contributed by atoms with Gasteiger partial charge in [-0.25, -0.2) is 0 Å². The van der Waals surface area contributed by atoms with Crippen molar-refractivity contribution in [3.63, 3.8) is 0 Å². The van der Waals surface area contributed by atoms with Gasteiger partial charge < -0.3 is 5.32 Å². The Kier molecular flexibility index (Phi) is 2.73. The van der Waals surface area contributed by atoms with E-state index in [4.69, 9.17) is 0 Å². The fraction of sp³-hybridized carbons (Fsp3) is 0.500. The van der Waals surface area contributed by atoms with E-state index in [1.165, 1.54) is 9.35 Å². The lowest BCUT2D eigenvalue weighted by atomic mass is 9.98. The van der Waals surface area contributed by atoms with Crippen LogP contribution in [0.4, 0.5) is 0 Å². The predicted molar refractivity (Wildman–Crippen MR) is 54.1 cm³/mol. The van der Waals surface area contributed by atoms with Crippen molar-refractivity contribution >= 4 is 27.3 Å². The van der Waals surface area contributed by atoms with Crippen molar-refractivity contribution in [3.8, 4) is 0 Å². The highest BCUT2D eigenvalue weighted by Crippen LogP contribution is 2.28. The van der Waals surface area contributed by atoms with Crippen LogP contribution in [-0.4, -0.2) is 7.05 Å². The van der Waals surface area contributed by atoms with Gasteiger partial charge in [0.05, 0.1) is 3.79 Å². The molecular formula is C8H12BrNS. The Hall–Kier alpha value is 0.140. The molecule has 1 heterocycles. The summed E-state index contributed by atoms with van der Waals surface area (Å²) in [7, 11) is 1.98. The van der Waals surface area contributed by atoms with Gasteiger partial charge in [-0.3, -0.25) is 0 Å². The lowest BCUT2D eigenvalue weighted by Crippen LogP contribution is -2.32. The number of hydrogen-bond acceptors (Lipinski definition) is 2. The summed E-state index contributed by atoms with van der Waals surface area (Å²) in [5.41, 5.74) is 1.42. The Morgan fingerprint density at radius 2 is 2.18 bits per heavy atom. The maximum atomic E-state index is 3.44. The molecule has 0 unspecified atom stereocenters. The largest absolute Gasteiger partial charge is 0.311 e. The van der Waals surface area contributed by atoms with Crippen LogP contribution < -0.4 is 5.32 Å². The lowest BCUT2D eigenvalue weighted by Gasteiger charge is -2.22. The fourth-order valence-electron chi connectivity index (χ4n) is 0.782. The van der Waals surface area contributed by atoms with Crippen LogP contribution in [0.1, 0.15) is 19.4 Å². The molecule has 0 atom stereocenters. The second-order valence-corrected chi connectivity index (χ2v) is 5.30. The summed E-state index contributed by atoms with van der Waals surface area (Å²) in [5.74, 6) is 0. The van der Waals surface area contributed by atoms with E-state index in [9.17, 15) is 0 Å². The summed E-state index contributed by atoms with van der Waals surface area (Å²) < 4.78 is 1.19. The van der Waals surface area contributed by atoms with E-state index in [1.54, 1.807) is 11.3 Å². The SMILES string of the molecule is CNC(C)(C)c1csc(Br)c1. The Balaban J connectivity index is 2.92. The molecule has 1 aromatic rings. The third-order valence-electron chi connectivity index (χ3n) is 1.91. The number of hydrogen-bond donors (Lipinski definition) is 1. The highest BCUT2D eigenvalue weighted by atomic mass is 79.9. The molecule has 0 bridgehead atoms. The van der Waals surface area contributed by atoms with Crippen molar-refractivity contribution in [1.82, 2.24) is 5.32 Å². The van der Waals surface area contributed by atoms with E-state index in [-0.39, 0.29) is 5.54 Å². The molecular weight excluding hydrogens is 222 g/mol.